The van der Waals surface area contributed by atoms with Crippen LogP contribution in [0.4, 0.5) is 0 Å². The van der Waals surface area contributed by atoms with Crippen molar-refractivity contribution in [2.45, 2.75) is 31.2 Å². The molecule has 8 heteroatoms. The van der Waals surface area contributed by atoms with Crippen LogP contribution in [0.2, 0.25) is 0 Å². The van der Waals surface area contributed by atoms with E-state index < -0.39 is 21.5 Å². The Morgan fingerprint density at radius 1 is 1.48 bits per heavy atom. The summed E-state index contributed by atoms with van der Waals surface area (Å²) in [6.07, 6.45) is 0. The smallest absolute Gasteiger partial charge is 0.349 e. The summed E-state index contributed by atoms with van der Waals surface area (Å²) in [7, 11) is -2.54. The van der Waals surface area contributed by atoms with E-state index in [1.165, 1.54) is 11.4 Å². The van der Waals surface area contributed by atoms with Gasteiger partial charge in [-0.05, 0) is 31.7 Å². The summed E-state index contributed by atoms with van der Waals surface area (Å²) in [4.78, 5) is 12.0. The van der Waals surface area contributed by atoms with Crippen LogP contribution in [0.5, 0.6) is 0 Å². The number of ether oxygens (including phenoxy) is 2. The molecule has 1 aromatic heterocycles. The van der Waals surface area contributed by atoms with Crippen LogP contribution in [0.1, 0.15) is 29.1 Å². The quantitative estimate of drug-likeness (QED) is 0.786. The van der Waals surface area contributed by atoms with Crippen molar-refractivity contribution in [3.63, 3.8) is 0 Å². The topological polar surface area (TPSA) is 72.9 Å². The normalized spacial score (nSPS) is 19.4. The standard InChI is InChI=1S/C13H19NO5S2/c1-9-7-20-10(12(15)18-4)11(9)21(16,17)14-5-6-19-8-13(14,2)3/h7H,5-6,8H2,1-4H3. The maximum atomic E-state index is 13.0. The second-order valence-electron chi connectivity index (χ2n) is 5.51. The number of methoxy groups -OCH3 is 1. The van der Waals surface area contributed by atoms with Crippen LogP contribution in [0.3, 0.4) is 0 Å². The van der Waals surface area contributed by atoms with E-state index in [4.69, 9.17) is 4.74 Å². The van der Waals surface area contributed by atoms with Crippen molar-refractivity contribution in [3.8, 4) is 0 Å². The van der Waals surface area contributed by atoms with Gasteiger partial charge in [-0.1, -0.05) is 0 Å². The van der Waals surface area contributed by atoms with Crippen molar-refractivity contribution < 1.29 is 22.7 Å². The molecule has 0 saturated carbocycles. The molecule has 0 unspecified atom stereocenters. The maximum Gasteiger partial charge on any atom is 0.349 e. The number of thiophene rings is 1. The van der Waals surface area contributed by atoms with Gasteiger partial charge in [0.25, 0.3) is 0 Å². The predicted octanol–water partition coefficient (Wildman–Crippen LogP) is 1.64. The zero-order valence-corrected chi connectivity index (χ0v) is 14.1. The van der Waals surface area contributed by atoms with Crippen molar-refractivity contribution in [1.82, 2.24) is 4.31 Å². The van der Waals surface area contributed by atoms with Crippen LogP contribution in [-0.4, -0.2) is 51.1 Å². The average Bonchev–Trinajstić information content (AvgIpc) is 2.79. The molecule has 2 rings (SSSR count). The van der Waals surface area contributed by atoms with Gasteiger partial charge < -0.3 is 9.47 Å². The molecule has 0 aromatic carbocycles. The van der Waals surface area contributed by atoms with Gasteiger partial charge in [0.2, 0.25) is 10.0 Å². The second-order valence-corrected chi connectivity index (χ2v) is 8.19. The third kappa shape index (κ3) is 2.85. The first kappa shape index (κ1) is 16.4. The Balaban J connectivity index is 2.54. The van der Waals surface area contributed by atoms with E-state index in [0.717, 1.165) is 11.3 Å². The van der Waals surface area contributed by atoms with Gasteiger partial charge in [0.15, 0.2) is 0 Å². The molecule has 0 N–H and O–H groups in total. The summed E-state index contributed by atoms with van der Waals surface area (Å²) in [6, 6.07) is 0. The molecule has 1 fully saturated rings. The molecule has 0 radical (unpaired) electrons. The average molecular weight is 333 g/mol. The van der Waals surface area contributed by atoms with Crippen LogP contribution in [0.25, 0.3) is 0 Å². The molecule has 0 amide bonds. The number of esters is 1. The zero-order valence-electron chi connectivity index (χ0n) is 12.5. The molecular formula is C13H19NO5S2. The molecular weight excluding hydrogens is 314 g/mol. The van der Waals surface area contributed by atoms with Gasteiger partial charge in [-0.3, -0.25) is 0 Å². The monoisotopic (exact) mass is 333 g/mol. The van der Waals surface area contributed by atoms with Gasteiger partial charge in [0.05, 0.1) is 25.9 Å². The lowest BCUT2D eigenvalue weighted by molar-refractivity contribution is -0.00775. The molecule has 6 nitrogen and oxygen atoms in total. The van der Waals surface area contributed by atoms with Crippen molar-refractivity contribution in [3.05, 3.63) is 15.8 Å². The van der Waals surface area contributed by atoms with Crippen LogP contribution in [-0.2, 0) is 19.5 Å². The van der Waals surface area contributed by atoms with Crippen molar-refractivity contribution in [2.24, 2.45) is 0 Å². The van der Waals surface area contributed by atoms with E-state index in [0.29, 0.717) is 18.8 Å². The van der Waals surface area contributed by atoms with E-state index >= 15 is 0 Å². The predicted molar refractivity (Wildman–Crippen MR) is 79.2 cm³/mol. The highest BCUT2D eigenvalue weighted by atomic mass is 32.2. The molecule has 118 valence electrons. The molecule has 2 heterocycles. The third-order valence-electron chi connectivity index (χ3n) is 3.41. The summed E-state index contributed by atoms with van der Waals surface area (Å²) in [5.41, 5.74) is -0.0959. The molecule has 21 heavy (non-hydrogen) atoms. The Bertz CT molecular complexity index is 648. The summed E-state index contributed by atoms with van der Waals surface area (Å²) in [5, 5.41) is 1.66. The maximum absolute atomic E-state index is 13.0. The minimum atomic E-state index is -3.78. The number of nitrogens with zero attached hydrogens (tertiary/aromatic N) is 1. The first-order chi connectivity index (χ1) is 9.71. The lowest BCUT2D eigenvalue weighted by Gasteiger charge is -2.40. The molecule has 0 bridgehead atoms. The number of sulfonamides is 1. The Morgan fingerprint density at radius 3 is 2.71 bits per heavy atom. The van der Waals surface area contributed by atoms with Crippen molar-refractivity contribution in [2.75, 3.05) is 26.9 Å². The number of aryl methyl sites for hydroxylation is 1. The molecule has 0 atom stereocenters. The highest BCUT2D eigenvalue weighted by molar-refractivity contribution is 7.89. The Labute approximate surface area is 128 Å². The summed E-state index contributed by atoms with van der Waals surface area (Å²) >= 11 is 1.09. The van der Waals surface area contributed by atoms with Gasteiger partial charge in [0.1, 0.15) is 9.77 Å². The summed E-state index contributed by atoms with van der Waals surface area (Å²) < 4.78 is 37.4. The number of carbonyl (C=O) groups excluding carboxylic acids is 1. The second kappa shape index (κ2) is 5.68. The molecule has 1 aliphatic heterocycles. The lowest BCUT2D eigenvalue weighted by atomic mass is 10.1. The lowest BCUT2D eigenvalue weighted by Crippen LogP contribution is -2.55. The SMILES string of the molecule is COC(=O)c1scc(C)c1S(=O)(=O)N1CCOCC1(C)C. The number of hydrogen-bond donors (Lipinski definition) is 0. The minimum absolute atomic E-state index is 0.0503. The Hall–Kier alpha value is -0.960. The third-order valence-corrected chi connectivity index (χ3v) is 6.91. The molecule has 1 aliphatic rings. The molecule has 0 aliphatic carbocycles. The fourth-order valence-electron chi connectivity index (χ4n) is 2.39. The van der Waals surface area contributed by atoms with Crippen molar-refractivity contribution in [1.29, 1.82) is 0 Å². The van der Waals surface area contributed by atoms with Crippen LogP contribution < -0.4 is 0 Å². The van der Waals surface area contributed by atoms with Gasteiger partial charge in [-0.15, -0.1) is 11.3 Å². The number of carbonyl (C=O) groups is 1. The van der Waals surface area contributed by atoms with Gasteiger partial charge in [-0.2, -0.15) is 4.31 Å². The van der Waals surface area contributed by atoms with Crippen molar-refractivity contribution >= 4 is 27.3 Å². The zero-order chi connectivity index (χ0) is 15.8. The number of rotatable bonds is 3. The van der Waals surface area contributed by atoms with Crippen LogP contribution in [0, 0.1) is 6.92 Å². The minimum Gasteiger partial charge on any atom is -0.465 e. The molecule has 1 aromatic rings. The number of morpholine rings is 1. The molecule has 0 spiro atoms. The first-order valence-electron chi connectivity index (χ1n) is 6.49. The number of hydrogen-bond acceptors (Lipinski definition) is 6. The first-order valence-corrected chi connectivity index (χ1v) is 8.81. The van der Waals surface area contributed by atoms with E-state index in [1.54, 1.807) is 12.3 Å². The Kier molecular flexibility index (Phi) is 4.44. The van der Waals surface area contributed by atoms with Crippen LogP contribution >= 0.6 is 11.3 Å². The summed E-state index contributed by atoms with van der Waals surface area (Å²) in [5.74, 6) is -0.627. The summed E-state index contributed by atoms with van der Waals surface area (Å²) in [6.45, 7) is 6.24. The molecule has 1 saturated heterocycles. The van der Waals surface area contributed by atoms with E-state index in [9.17, 15) is 13.2 Å². The van der Waals surface area contributed by atoms with E-state index in [1.807, 2.05) is 13.8 Å². The highest BCUT2D eigenvalue weighted by Crippen LogP contribution is 2.34. The Morgan fingerprint density at radius 2 is 2.14 bits per heavy atom. The fraction of sp³-hybridized carbons (Fsp3) is 0.615. The van der Waals surface area contributed by atoms with Crippen LogP contribution in [0.15, 0.2) is 10.3 Å². The van der Waals surface area contributed by atoms with E-state index in [2.05, 4.69) is 4.74 Å². The van der Waals surface area contributed by atoms with E-state index in [-0.39, 0.29) is 16.3 Å². The van der Waals surface area contributed by atoms with Gasteiger partial charge >= 0.3 is 5.97 Å². The van der Waals surface area contributed by atoms with Gasteiger partial charge in [-0.25, -0.2) is 13.2 Å². The fourth-order valence-corrected chi connectivity index (χ4v) is 5.80. The van der Waals surface area contributed by atoms with Gasteiger partial charge in [0, 0.05) is 6.54 Å². The largest absolute Gasteiger partial charge is 0.465 e. The highest BCUT2D eigenvalue weighted by Gasteiger charge is 2.42.